The maximum absolute atomic E-state index is 13.8. The first kappa shape index (κ1) is 25.0. The van der Waals surface area contributed by atoms with Crippen molar-refractivity contribution in [3.05, 3.63) is 76.6 Å². The molecule has 0 aliphatic carbocycles. The van der Waals surface area contributed by atoms with Gasteiger partial charge in [0.1, 0.15) is 11.0 Å². The van der Waals surface area contributed by atoms with Crippen LogP contribution in [0.25, 0.3) is 37.8 Å². The summed E-state index contributed by atoms with van der Waals surface area (Å²) >= 11 is 2.60. The number of aromatic nitrogens is 4. The number of hydrogen-bond acceptors (Lipinski definition) is 8. The molecule has 196 valence electrons. The molecule has 0 unspecified atom stereocenters. The second kappa shape index (κ2) is 10.1. The zero-order valence-electron chi connectivity index (χ0n) is 21.3. The summed E-state index contributed by atoms with van der Waals surface area (Å²) < 4.78 is 13.3. The quantitative estimate of drug-likeness (QED) is 0.196. The van der Waals surface area contributed by atoms with Gasteiger partial charge in [0.2, 0.25) is 5.91 Å². The van der Waals surface area contributed by atoms with E-state index in [9.17, 15) is 9.59 Å². The van der Waals surface area contributed by atoms with Crippen molar-refractivity contribution >= 4 is 66.3 Å². The van der Waals surface area contributed by atoms with Gasteiger partial charge < -0.3 is 19.8 Å². The highest BCUT2D eigenvalue weighted by molar-refractivity contribution is 7.99. The number of hydrogen-bond donors (Lipinski definition) is 2. The fourth-order valence-corrected chi connectivity index (χ4v) is 6.19. The number of para-hydroxylation sites is 1. The van der Waals surface area contributed by atoms with Crippen LogP contribution in [0.2, 0.25) is 0 Å². The van der Waals surface area contributed by atoms with Crippen LogP contribution in [0, 0.1) is 6.92 Å². The highest BCUT2D eigenvalue weighted by Gasteiger charge is 2.20. The van der Waals surface area contributed by atoms with Gasteiger partial charge in [-0.05, 0) is 42.8 Å². The van der Waals surface area contributed by atoms with Crippen LogP contribution in [0.15, 0.2) is 70.6 Å². The number of H-pyrrole nitrogens is 1. The third kappa shape index (κ3) is 4.59. The summed E-state index contributed by atoms with van der Waals surface area (Å²) in [6.45, 7) is 2.02. The fourth-order valence-electron chi connectivity index (χ4n) is 4.40. The molecule has 3 aromatic heterocycles. The Balaban J connectivity index is 1.38. The number of methoxy groups -OCH3 is 2. The average molecular weight is 558 g/mol. The standard InChI is InChI=1S/C28H23N5O4S2/c1-15-8-10-19-22(12-15)39-27(30-19)31-23(34)14-38-28-32-24-17-6-4-5-7-18(17)29-25(24)26(35)33(28)16-9-11-20(36-2)21(13-16)37-3/h4-13,29H,14H2,1-3H3,(H,30,31,34). The number of fused-ring (bicyclic) bond motifs is 4. The third-order valence-corrected chi connectivity index (χ3v) is 8.11. The molecule has 0 saturated carbocycles. The molecule has 39 heavy (non-hydrogen) atoms. The molecule has 0 spiro atoms. The first-order valence-corrected chi connectivity index (χ1v) is 13.8. The molecule has 6 aromatic rings. The van der Waals surface area contributed by atoms with Gasteiger partial charge in [0.15, 0.2) is 21.8 Å². The van der Waals surface area contributed by atoms with Gasteiger partial charge in [-0.25, -0.2) is 9.97 Å². The number of thiazole rings is 1. The van der Waals surface area contributed by atoms with E-state index in [0.717, 1.165) is 26.7 Å². The van der Waals surface area contributed by atoms with E-state index >= 15 is 0 Å². The highest BCUT2D eigenvalue weighted by Crippen LogP contribution is 2.32. The van der Waals surface area contributed by atoms with E-state index in [2.05, 4.69) is 15.3 Å². The van der Waals surface area contributed by atoms with E-state index in [1.54, 1.807) is 25.3 Å². The average Bonchev–Trinajstić information content (AvgIpc) is 3.52. The van der Waals surface area contributed by atoms with Crippen LogP contribution in [-0.2, 0) is 4.79 Å². The number of thioether (sulfide) groups is 1. The number of aromatic amines is 1. The minimum Gasteiger partial charge on any atom is -0.493 e. The maximum Gasteiger partial charge on any atom is 0.283 e. The number of anilines is 1. The van der Waals surface area contributed by atoms with Crippen molar-refractivity contribution in [2.45, 2.75) is 12.1 Å². The van der Waals surface area contributed by atoms with E-state index in [1.165, 1.54) is 34.8 Å². The summed E-state index contributed by atoms with van der Waals surface area (Å²) in [4.78, 5) is 39.3. The van der Waals surface area contributed by atoms with E-state index in [4.69, 9.17) is 14.5 Å². The van der Waals surface area contributed by atoms with Gasteiger partial charge in [0, 0.05) is 17.0 Å². The van der Waals surface area contributed by atoms with Gasteiger partial charge in [-0.15, -0.1) is 0 Å². The summed E-state index contributed by atoms with van der Waals surface area (Å²) in [5, 5.41) is 4.61. The lowest BCUT2D eigenvalue weighted by molar-refractivity contribution is -0.113. The molecule has 3 aromatic carbocycles. The van der Waals surface area contributed by atoms with Crippen LogP contribution in [-0.4, -0.2) is 45.4 Å². The van der Waals surface area contributed by atoms with Crippen molar-refractivity contribution in [3.63, 3.8) is 0 Å². The zero-order chi connectivity index (χ0) is 27.1. The van der Waals surface area contributed by atoms with Crippen LogP contribution >= 0.6 is 23.1 Å². The van der Waals surface area contributed by atoms with Crippen LogP contribution < -0.4 is 20.3 Å². The molecular weight excluding hydrogens is 534 g/mol. The Hall–Kier alpha value is -4.35. The van der Waals surface area contributed by atoms with E-state index in [1.807, 2.05) is 49.4 Å². The first-order valence-electron chi connectivity index (χ1n) is 12.0. The number of ether oxygens (including phenoxy) is 2. The molecule has 0 saturated heterocycles. The number of carbonyl (C=O) groups excluding carboxylic acids is 1. The van der Waals surface area contributed by atoms with Crippen molar-refractivity contribution in [1.29, 1.82) is 0 Å². The van der Waals surface area contributed by atoms with Gasteiger partial charge in [-0.1, -0.05) is 47.4 Å². The SMILES string of the molecule is COc1ccc(-n2c(SCC(=O)Nc3nc4ccc(C)cc4s3)nc3c([nH]c4ccccc43)c2=O)cc1OC. The van der Waals surface area contributed by atoms with Gasteiger partial charge >= 0.3 is 0 Å². The summed E-state index contributed by atoms with van der Waals surface area (Å²) in [5.74, 6) is 0.789. The zero-order valence-corrected chi connectivity index (χ0v) is 22.9. The van der Waals surface area contributed by atoms with Crippen molar-refractivity contribution in [2.24, 2.45) is 0 Å². The summed E-state index contributed by atoms with van der Waals surface area (Å²) in [6, 6.07) is 18.8. The second-order valence-electron chi connectivity index (χ2n) is 8.80. The van der Waals surface area contributed by atoms with Crippen molar-refractivity contribution in [2.75, 3.05) is 25.3 Å². The maximum atomic E-state index is 13.8. The first-order chi connectivity index (χ1) is 18.9. The Bertz CT molecular complexity index is 1940. The van der Waals surface area contributed by atoms with Crippen LogP contribution in [0.1, 0.15) is 5.56 Å². The molecule has 6 rings (SSSR count). The monoisotopic (exact) mass is 557 g/mol. The Morgan fingerprint density at radius 3 is 2.69 bits per heavy atom. The van der Waals surface area contributed by atoms with E-state index in [0.29, 0.717) is 38.5 Å². The molecule has 0 fully saturated rings. The van der Waals surface area contributed by atoms with Crippen LogP contribution in [0.4, 0.5) is 5.13 Å². The normalized spacial score (nSPS) is 11.4. The number of nitrogens with one attached hydrogen (secondary N) is 2. The Labute approximate surface area is 230 Å². The highest BCUT2D eigenvalue weighted by atomic mass is 32.2. The topological polar surface area (TPSA) is 111 Å². The summed E-state index contributed by atoms with van der Waals surface area (Å²) in [6.07, 6.45) is 0. The smallest absolute Gasteiger partial charge is 0.283 e. The van der Waals surface area contributed by atoms with Crippen molar-refractivity contribution in [1.82, 2.24) is 19.5 Å². The number of rotatable bonds is 7. The number of amides is 1. The molecule has 3 heterocycles. The molecule has 0 bridgehead atoms. The van der Waals surface area contributed by atoms with Crippen molar-refractivity contribution in [3.8, 4) is 17.2 Å². The van der Waals surface area contributed by atoms with Crippen molar-refractivity contribution < 1.29 is 14.3 Å². The summed E-state index contributed by atoms with van der Waals surface area (Å²) in [5.41, 5.74) is 3.96. The molecule has 0 aliphatic heterocycles. The lowest BCUT2D eigenvalue weighted by atomic mass is 10.2. The minimum absolute atomic E-state index is 0.0303. The Kier molecular flexibility index (Phi) is 6.45. The molecule has 2 N–H and O–H groups in total. The van der Waals surface area contributed by atoms with Gasteiger partial charge in [-0.3, -0.25) is 14.2 Å². The number of nitrogens with zero attached hydrogens (tertiary/aromatic N) is 3. The fraction of sp³-hybridized carbons (Fsp3) is 0.143. The third-order valence-electron chi connectivity index (χ3n) is 6.24. The predicted molar refractivity (Wildman–Crippen MR) is 156 cm³/mol. The minimum atomic E-state index is -0.284. The molecular formula is C28H23N5O4S2. The number of aryl methyl sites for hydroxylation is 1. The largest absolute Gasteiger partial charge is 0.493 e. The van der Waals surface area contributed by atoms with E-state index < -0.39 is 0 Å². The van der Waals surface area contributed by atoms with E-state index in [-0.39, 0.29) is 17.2 Å². The lowest BCUT2D eigenvalue weighted by Crippen LogP contribution is -2.23. The molecule has 11 heteroatoms. The Morgan fingerprint density at radius 1 is 1.05 bits per heavy atom. The summed E-state index contributed by atoms with van der Waals surface area (Å²) in [7, 11) is 3.08. The molecule has 1 amide bonds. The van der Waals surface area contributed by atoms with Gasteiger partial charge in [0.25, 0.3) is 5.56 Å². The number of benzene rings is 3. The van der Waals surface area contributed by atoms with Gasteiger partial charge in [-0.2, -0.15) is 0 Å². The van der Waals surface area contributed by atoms with Crippen LogP contribution in [0.3, 0.4) is 0 Å². The molecule has 0 atom stereocenters. The second-order valence-corrected chi connectivity index (χ2v) is 10.8. The molecule has 9 nitrogen and oxygen atoms in total. The van der Waals surface area contributed by atoms with Gasteiger partial charge in [0.05, 0.1) is 35.9 Å². The predicted octanol–water partition coefficient (Wildman–Crippen LogP) is 5.53. The molecule has 0 radical (unpaired) electrons. The lowest BCUT2D eigenvalue weighted by Gasteiger charge is -2.14. The van der Waals surface area contributed by atoms with Crippen LogP contribution in [0.5, 0.6) is 11.5 Å². The molecule has 0 aliphatic rings. The number of carbonyl (C=O) groups is 1. The Morgan fingerprint density at radius 2 is 1.87 bits per heavy atom.